The van der Waals surface area contributed by atoms with Gasteiger partial charge in [0.2, 0.25) is 0 Å². The molecule has 1 aromatic carbocycles. The first-order chi connectivity index (χ1) is 5.85. The average Bonchev–Trinajstić information content (AvgIpc) is 2.19. The molecule has 0 amide bonds. The Hall–Kier alpha value is -0.820. The molecule has 0 N–H and O–H groups in total. The van der Waals surface area contributed by atoms with Crippen LogP contribution in [0.25, 0.3) is 0 Å². The molecule has 0 aliphatic heterocycles. The molecule has 1 aromatic rings. The van der Waals surface area contributed by atoms with Crippen molar-refractivity contribution in [1.29, 1.82) is 0 Å². The zero-order valence-electron chi connectivity index (χ0n) is 8.21. The number of rotatable bonds is 2. The molecule has 84 valence electrons. The molecule has 0 aliphatic carbocycles. The van der Waals surface area contributed by atoms with E-state index in [1.54, 1.807) is 7.11 Å². The van der Waals surface area contributed by atoms with Gasteiger partial charge in [0.05, 0.1) is 0 Å². The SMILES string of the molecule is C.C.CCOC.CCc1ccccc1. The normalized spacial score (nSPS) is 7.36. The fourth-order valence-electron chi connectivity index (χ4n) is 0.714. The Kier molecular flexibility index (Phi) is 19.8. The van der Waals surface area contributed by atoms with E-state index in [0.29, 0.717) is 0 Å². The fourth-order valence-corrected chi connectivity index (χ4v) is 0.714. The highest BCUT2D eigenvalue weighted by Crippen LogP contribution is 1.96. The molecule has 0 radical (unpaired) electrons. The number of benzene rings is 1. The minimum atomic E-state index is 0. The van der Waals surface area contributed by atoms with Crippen molar-refractivity contribution in [2.75, 3.05) is 13.7 Å². The summed E-state index contributed by atoms with van der Waals surface area (Å²) in [5.41, 5.74) is 1.41. The highest BCUT2D eigenvalue weighted by molar-refractivity contribution is 5.13. The number of ether oxygens (including phenoxy) is 1. The smallest absolute Gasteiger partial charge is 0.0433 e. The maximum absolute atomic E-state index is 4.54. The van der Waals surface area contributed by atoms with Crippen molar-refractivity contribution in [1.82, 2.24) is 0 Å². The quantitative estimate of drug-likeness (QED) is 0.693. The molecule has 0 atom stereocenters. The summed E-state index contributed by atoms with van der Waals surface area (Å²) < 4.78 is 4.54. The summed E-state index contributed by atoms with van der Waals surface area (Å²) in [6.45, 7) is 4.94. The number of aryl methyl sites for hydroxylation is 1. The van der Waals surface area contributed by atoms with Gasteiger partial charge in [-0.15, -0.1) is 0 Å². The lowest BCUT2D eigenvalue weighted by Gasteiger charge is -1.89. The van der Waals surface area contributed by atoms with Gasteiger partial charge >= 0.3 is 0 Å². The van der Waals surface area contributed by atoms with E-state index in [4.69, 9.17) is 0 Å². The second kappa shape index (κ2) is 14.7. The van der Waals surface area contributed by atoms with E-state index in [9.17, 15) is 0 Å². The maximum atomic E-state index is 4.54. The molecule has 0 unspecified atom stereocenters. The van der Waals surface area contributed by atoms with Crippen molar-refractivity contribution in [3.05, 3.63) is 35.9 Å². The Morgan fingerprint density at radius 3 is 1.64 bits per heavy atom. The van der Waals surface area contributed by atoms with Crippen LogP contribution < -0.4 is 0 Å². The Balaban J connectivity index is -0.000000180. The Morgan fingerprint density at radius 2 is 1.43 bits per heavy atom. The van der Waals surface area contributed by atoms with Crippen molar-refractivity contribution >= 4 is 0 Å². The fraction of sp³-hybridized carbons (Fsp3) is 0.538. The predicted octanol–water partition coefficient (Wildman–Crippen LogP) is 4.17. The van der Waals surface area contributed by atoms with E-state index < -0.39 is 0 Å². The van der Waals surface area contributed by atoms with Gasteiger partial charge in [-0.25, -0.2) is 0 Å². The third kappa shape index (κ3) is 11.2. The van der Waals surface area contributed by atoms with Gasteiger partial charge in [-0.3, -0.25) is 0 Å². The van der Waals surface area contributed by atoms with Gasteiger partial charge in [0.15, 0.2) is 0 Å². The third-order valence-corrected chi connectivity index (χ3v) is 1.54. The summed E-state index contributed by atoms with van der Waals surface area (Å²) >= 11 is 0. The highest BCUT2D eigenvalue weighted by Gasteiger charge is 1.79. The van der Waals surface area contributed by atoms with Gasteiger partial charge in [-0.2, -0.15) is 0 Å². The highest BCUT2D eigenvalue weighted by atomic mass is 16.5. The molecule has 0 aliphatic rings. The van der Waals surface area contributed by atoms with E-state index in [0.717, 1.165) is 13.0 Å². The Bertz CT molecular complexity index is 168. The van der Waals surface area contributed by atoms with Crippen LogP contribution in [0.4, 0.5) is 0 Å². The van der Waals surface area contributed by atoms with Crippen LogP contribution in [0.5, 0.6) is 0 Å². The first-order valence-corrected chi connectivity index (χ1v) is 4.38. The summed E-state index contributed by atoms with van der Waals surface area (Å²) in [7, 11) is 1.68. The van der Waals surface area contributed by atoms with Crippen LogP contribution in [-0.2, 0) is 11.2 Å². The summed E-state index contributed by atoms with van der Waals surface area (Å²) in [6, 6.07) is 10.5. The van der Waals surface area contributed by atoms with Gasteiger partial charge in [-0.1, -0.05) is 52.1 Å². The van der Waals surface area contributed by atoms with Crippen LogP contribution in [0, 0.1) is 0 Å². The molecule has 1 heteroatoms. The van der Waals surface area contributed by atoms with Crippen LogP contribution in [-0.4, -0.2) is 13.7 Å². The van der Waals surface area contributed by atoms with Crippen molar-refractivity contribution in [2.24, 2.45) is 0 Å². The Morgan fingerprint density at radius 1 is 1.00 bits per heavy atom. The van der Waals surface area contributed by atoms with Crippen molar-refractivity contribution in [3.63, 3.8) is 0 Å². The second-order valence-corrected chi connectivity index (χ2v) is 2.42. The minimum absolute atomic E-state index is 0. The molecule has 0 spiro atoms. The predicted molar refractivity (Wildman–Crippen MR) is 66.8 cm³/mol. The molecule has 1 rings (SSSR count). The molecular weight excluding hydrogens is 172 g/mol. The molecule has 1 nitrogen and oxygen atoms in total. The zero-order chi connectivity index (χ0) is 9.23. The molecule has 0 bridgehead atoms. The van der Waals surface area contributed by atoms with E-state index in [1.807, 2.05) is 13.0 Å². The molecule has 14 heavy (non-hydrogen) atoms. The van der Waals surface area contributed by atoms with Crippen LogP contribution in [0.1, 0.15) is 34.3 Å². The summed E-state index contributed by atoms with van der Waals surface area (Å²) in [4.78, 5) is 0. The summed E-state index contributed by atoms with van der Waals surface area (Å²) in [5.74, 6) is 0. The zero-order valence-corrected chi connectivity index (χ0v) is 8.21. The first kappa shape index (κ1) is 18.9. The van der Waals surface area contributed by atoms with E-state index in [-0.39, 0.29) is 14.9 Å². The molecule has 0 saturated carbocycles. The van der Waals surface area contributed by atoms with Gasteiger partial charge in [0.25, 0.3) is 0 Å². The first-order valence-electron chi connectivity index (χ1n) is 4.38. The van der Waals surface area contributed by atoms with Crippen LogP contribution in [0.3, 0.4) is 0 Å². The largest absolute Gasteiger partial charge is 0.385 e. The second-order valence-electron chi connectivity index (χ2n) is 2.42. The maximum Gasteiger partial charge on any atom is 0.0433 e. The van der Waals surface area contributed by atoms with Crippen molar-refractivity contribution in [3.8, 4) is 0 Å². The lowest BCUT2D eigenvalue weighted by Crippen LogP contribution is -1.73. The van der Waals surface area contributed by atoms with Crippen LogP contribution in [0.2, 0.25) is 0 Å². The third-order valence-electron chi connectivity index (χ3n) is 1.54. The van der Waals surface area contributed by atoms with Crippen molar-refractivity contribution in [2.45, 2.75) is 35.1 Å². The van der Waals surface area contributed by atoms with Crippen LogP contribution in [0.15, 0.2) is 30.3 Å². The van der Waals surface area contributed by atoms with Gasteiger partial charge in [0, 0.05) is 13.7 Å². The van der Waals surface area contributed by atoms with E-state index in [1.165, 1.54) is 5.56 Å². The van der Waals surface area contributed by atoms with Gasteiger partial charge in [-0.05, 0) is 18.9 Å². The monoisotopic (exact) mass is 198 g/mol. The summed E-state index contributed by atoms with van der Waals surface area (Å²) in [6.07, 6.45) is 1.14. The standard InChI is InChI=1S/C8H10.C3H8O.2CH4/c1-2-8-6-4-3-5-7-8;1-3-4-2;;/h3-7H,2H2,1H3;3H2,1-2H3;2*1H4. The minimum Gasteiger partial charge on any atom is -0.385 e. The molecular formula is C13H26O. The summed E-state index contributed by atoms with van der Waals surface area (Å²) in [5, 5.41) is 0. The molecule has 0 saturated heterocycles. The van der Waals surface area contributed by atoms with Gasteiger partial charge < -0.3 is 4.74 Å². The number of hydrogen-bond donors (Lipinski definition) is 0. The molecule has 0 fully saturated rings. The van der Waals surface area contributed by atoms with Crippen molar-refractivity contribution < 1.29 is 4.74 Å². The lowest BCUT2D eigenvalue weighted by atomic mass is 10.2. The van der Waals surface area contributed by atoms with E-state index in [2.05, 4.69) is 35.9 Å². The Labute approximate surface area is 90.1 Å². The van der Waals surface area contributed by atoms with E-state index >= 15 is 0 Å². The average molecular weight is 198 g/mol. The molecule has 0 heterocycles. The topological polar surface area (TPSA) is 9.23 Å². The lowest BCUT2D eigenvalue weighted by molar-refractivity contribution is 0.215. The number of hydrogen-bond acceptors (Lipinski definition) is 1. The molecule has 0 aromatic heterocycles. The number of methoxy groups -OCH3 is 1. The van der Waals surface area contributed by atoms with Crippen LogP contribution >= 0.6 is 0 Å². The van der Waals surface area contributed by atoms with Gasteiger partial charge in [0.1, 0.15) is 0 Å².